The van der Waals surface area contributed by atoms with E-state index in [4.69, 9.17) is 11.5 Å². The second-order valence-electron chi connectivity index (χ2n) is 5.14. The quantitative estimate of drug-likeness (QED) is 0.524. The average Bonchev–Trinajstić information content (AvgIpc) is 3.04. The monoisotopic (exact) mass is 397 g/mol. The van der Waals surface area contributed by atoms with E-state index in [1.807, 2.05) is 0 Å². The number of carbonyl (C=O) groups is 3. The van der Waals surface area contributed by atoms with E-state index in [1.54, 1.807) is 29.6 Å². The third-order valence-electron chi connectivity index (χ3n) is 3.22. The fraction of sp³-hybridized carbons (Fsp3) is 0.250. The summed E-state index contributed by atoms with van der Waals surface area (Å²) < 4.78 is 0. The van der Waals surface area contributed by atoms with Gasteiger partial charge in [-0.15, -0.1) is 23.7 Å². The summed E-state index contributed by atoms with van der Waals surface area (Å²) in [5.74, 6) is -1.31. The summed E-state index contributed by atoms with van der Waals surface area (Å²) in [6.45, 7) is 0.591. The van der Waals surface area contributed by atoms with Gasteiger partial charge < -0.3 is 22.1 Å². The van der Waals surface area contributed by atoms with Crippen molar-refractivity contribution in [2.45, 2.75) is 12.8 Å². The molecule has 0 saturated carbocycles. The maximum atomic E-state index is 12.3. The highest BCUT2D eigenvalue weighted by molar-refractivity contribution is 7.09. The topological polar surface area (TPSA) is 140 Å². The smallest absolute Gasteiger partial charge is 0.275 e. The molecule has 3 amide bonds. The molecule has 0 unspecified atom stereocenters. The predicted octanol–water partition coefficient (Wildman–Crippen LogP) is 0.924. The minimum atomic E-state index is -0.501. The first-order valence-corrected chi connectivity index (χ1v) is 8.50. The van der Waals surface area contributed by atoms with E-state index in [-0.39, 0.29) is 36.6 Å². The standard InChI is InChI=1S/C16H19N5O3S.ClH/c17-7-5-14-20-12(9-25-14)16(24)21-11-4-2-1-3-10(11)15(23)19-8-6-13(18)22;/h1-4,9H,5-8,17H2,(H2,18,22)(H,19,23)(H,21,24);1H. The highest BCUT2D eigenvalue weighted by atomic mass is 35.5. The first kappa shape index (κ1) is 21.6. The molecule has 2 rings (SSSR count). The van der Waals surface area contributed by atoms with Crippen molar-refractivity contribution in [2.75, 3.05) is 18.4 Å². The van der Waals surface area contributed by atoms with Crippen molar-refractivity contribution in [2.24, 2.45) is 11.5 Å². The number of carbonyl (C=O) groups excluding carboxylic acids is 3. The van der Waals surface area contributed by atoms with Crippen LogP contribution in [0.15, 0.2) is 29.6 Å². The van der Waals surface area contributed by atoms with Crippen LogP contribution >= 0.6 is 23.7 Å². The number of thiazole rings is 1. The molecule has 0 aliphatic heterocycles. The van der Waals surface area contributed by atoms with Gasteiger partial charge in [-0.1, -0.05) is 12.1 Å². The van der Waals surface area contributed by atoms with Gasteiger partial charge in [0.1, 0.15) is 5.69 Å². The minimum Gasteiger partial charge on any atom is -0.370 e. The number of benzene rings is 1. The van der Waals surface area contributed by atoms with Crippen LogP contribution in [0, 0.1) is 0 Å². The maximum absolute atomic E-state index is 12.3. The van der Waals surface area contributed by atoms with Crippen LogP contribution in [0.2, 0.25) is 0 Å². The molecule has 1 heterocycles. The molecule has 0 radical (unpaired) electrons. The van der Waals surface area contributed by atoms with Crippen LogP contribution < -0.4 is 22.1 Å². The van der Waals surface area contributed by atoms with Gasteiger partial charge in [-0.2, -0.15) is 0 Å². The molecule has 6 N–H and O–H groups in total. The Bertz CT molecular complexity index is 781. The Kier molecular flexibility index (Phi) is 8.70. The highest BCUT2D eigenvalue weighted by Gasteiger charge is 2.16. The first-order chi connectivity index (χ1) is 12.0. The van der Waals surface area contributed by atoms with Crippen molar-refractivity contribution < 1.29 is 14.4 Å². The van der Waals surface area contributed by atoms with Crippen LogP contribution in [0.25, 0.3) is 0 Å². The lowest BCUT2D eigenvalue weighted by molar-refractivity contribution is -0.117. The van der Waals surface area contributed by atoms with E-state index in [2.05, 4.69) is 15.6 Å². The van der Waals surface area contributed by atoms with Gasteiger partial charge in [0.05, 0.1) is 16.3 Å². The molecule has 0 aliphatic rings. The van der Waals surface area contributed by atoms with Gasteiger partial charge in [-0.05, 0) is 18.7 Å². The number of nitrogens with two attached hydrogens (primary N) is 2. The molecule has 8 nitrogen and oxygen atoms in total. The SMILES string of the molecule is Cl.NCCc1nc(C(=O)Nc2ccccc2C(=O)NCCC(N)=O)cs1. The Hall–Kier alpha value is -2.49. The molecule has 1 aromatic heterocycles. The summed E-state index contributed by atoms with van der Waals surface area (Å²) in [5.41, 5.74) is 11.4. The summed E-state index contributed by atoms with van der Waals surface area (Å²) in [6, 6.07) is 6.59. The third kappa shape index (κ3) is 6.10. The second-order valence-corrected chi connectivity index (χ2v) is 6.08. The highest BCUT2D eigenvalue weighted by Crippen LogP contribution is 2.17. The number of nitrogens with one attached hydrogen (secondary N) is 2. The van der Waals surface area contributed by atoms with Gasteiger partial charge in [0.15, 0.2) is 0 Å². The molecule has 26 heavy (non-hydrogen) atoms. The summed E-state index contributed by atoms with van der Waals surface area (Å²) in [4.78, 5) is 39.5. The molecule has 0 bridgehead atoms. The fourth-order valence-electron chi connectivity index (χ4n) is 2.02. The lowest BCUT2D eigenvalue weighted by atomic mass is 10.1. The molecule has 0 aliphatic carbocycles. The lowest BCUT2D eigenvalue weighted by Gasteiger charge is -2.10. The number of para-hydroxylation sites is 1. The zero-order valence-electron chi connectivity index (χ0n) is 13.9. The van der Waals surface area contributed by atoms with E-state index in [9.17, 15) is 14.4 Å². The van der Waals surface area contributed by atoms with Crippen molar-refractivity contribution in [1.29, 1.82) is 0 Å². The zero-order chi connectivity index (χ0) is 18.2. The molecule has 0 saturated heterocycles. The van der Waals surface area contributed by atoms with Gasteiger partial charge in [-0.25, -0.2) is 4.98 Å². The molecule has 0 atom stereocenters. The minimum absolute atomic E-state index is 0. The largest absolute Gasteiger partial charge is 0.370 e. The number of hydrogen-bond donors (Lipinski definition) is 4. The average molecular weight is 398 g/mol. The van der Waals surface area contributed by atoms with Gasteiger partial charge >= 0.3 is 0 Å². The molecule has 0 spiro atoms. The van der Waals surface area contributed by atoms with Gasteiger partial charge in [0.2, 0.25) is 5.91 Å². The predicted molar refractivity (Wildman–Crippen MR) is 103 cm³/mol. The van der Waals surface area contributed by atoms with E-state index in [0.29, 0.717) is 18.7 Å². The van der Waals surface area contributed by atoms with E-state index in [1.165, 1.54) is 11.3 Å². The number of nitrogens with zero attached hydrogens (tertiary/aromatic N) is 1. The number of anilines is 1. The Balaban J connectivity index is 0.00000338. The molecule has 140 valence electrons. The summed E-state index contributed by atoms with van der Waals surface area (Å²) in [5, 5.41) is 7.70. The van der Waals surface area contributed by atoms with Crippen molar-refractivity contribution in [3.05, 3.63) is 45.9 Å². The number of halogens is 1. The van der Waals surface area contributed by atoms with Crippen LogP contribution in [0.3, 0.4) is 0 Å². The van der Waals surface area contributed by atoms with Gasteiger partial charge in [0.25, 0.3) is 11.8 Å². The summed E-state index contributed by atoms with van der Waals surface area (Å²) in [7, 11) is 0. The Morgan fingerprint density at radius 2 is 1.88 bits per heavy atom. The van der Waals surface area contributed by atoms with E-state index >= 15 is 0 Å². The van der Waals surface area contributed by atoms with E-state index < -0.39 is 17.7 Å². The van der Waals surface area contributed by atoms with Crippen LogP contribution in [-0.4, -0.2) is 35.8 Å². The fourth-order valence-corrected chi connectivity index (χ4v) is 2.82. The van der Waals surface area contributed by atoms with Gasteiger partial charge in [0, 0.05) is 24.8 Å². The summed E-state index contributed by atoms with van der Waals surface area (Å²) in [6.07, 6.45) is 0.653. The molecular formula is C16H20ClN5O3S. The summed E-state index contributed by atoms with van der Waals surface area (Å²) >= 11 is 1.36. The maximum Gasteiger partial charge on any atom is 0.275 e. The van der Waals surface area contributed by atoms with Crippen LogP contribution in [0.4, 0.5) is 5.69 Å². The van der Waals surface area contributed by atoms with Crippen LogP contribution in [-0.2, 0) is 11.2 Å². The number of hydrogen-bond acceptors (Lipinski definition) is 6. The normalized spacial score (nSPS) is 9.88. The van der Waals surface area contributed by atoms with Crippen LogP contribution in [0.1, 0.15) is 32.3 Å². The Morgan fingerprint density at radius 1 is 1.15 bits per heavy atom. The van der Waals surface area contributed by atoms with Crippen molar-refractivity contribution in [3.8, 4) is 0 Å². The number of rotatable bonds is 8. The Labute approximate surface area is 160 Å². The molecular weight excluding hydrogens is 378 g/mol. The number of aromatic nitrogens is 1. The number of amides is 3. The zero-order valence-corrected chi connectivity index (χ0v) is 15.5. The second kappa shape index (κ2) is 10.5. The third-order valence-corrected chi connectivity index (χ3v) is 4.13. The number of primary amides is 1. The van der Waals surface area contributed by atoms with E-state index in [0.717, 1.165) is 5.01 Å². The molecule has 0 fully saturated rings. The molecule has 2 aromatic rings. The lowest BCUT2D eigenvalue weighted by Crippen LogP contribution is -2.28. The van der Waals surface area contributed by atoms with Crippen molar-refractivity contribution in [1.82, 2.24) is 10.3 Å². The van der Waals surface area contributed by atoms with Gasteiger partial charge in [-0.3, -0.25) is 14.4 Å². The first-order valence-electron chi connectivity index (χ1n) is 7.62. The Morgan fingerprint density at radius 3 is 2.58 bits per heavy atom. The molecule has 10 heteroatoms. The van der Waals surface area contributed by atoms with Crippen molar-refractivity contribution >= 4 is 47.2 Å². The van der Waals surface area contributed by atoms with Crippen molar-refractivity contribution in [3.63, 3.8) is 0 Å². The molecule has 1 aromatic carbocycles. The van der Waals surface area contributed by atoms with Crippen LogP contribution in [0.5, 0.6) is 0 Å².